The van der Waals surface area contributed by atoms with Crippen LogP contribution in [0.3, 0.4) is 0 Å². The van der Waals surface area contributed by atoms with Gasteiger partial charge in [0, 0.05) is 19.5 Å². The van der Waals surface area contributed by atoms with Crippen molar-refractivity contribution >= 4 is 5.97 Å². The fourth-order valence-electron chi connectivity index (χ4n) is 4.62. The molecule has 1 atom stereocenters. The van der Waals surface area contributed by atoms with Gasteiger partial charge in [-0.25, -0.2) is 4.79 Å². The summed E-state index contributed by atoms with van der Waals surface area (Å²) in [6.07, 6.45) is 5.41. The minimum absolute atomic E-state index is 0.184. The van der Waals surface area contributed by atoms with E-state index in [-0.39, 0.29) is 5.97 Å². The highest BCUT2D eigenvalue weighted by atomic mass is 16.5. The Morgan fingerprint density at radius 3 is 2.96 bits per heavy atom. The standard InChI is InChI=1S/C24H29NO3/c1-25(13-11-17-9-10-21-18(15-17)12-14-28-24(21)26)16-19-5-3-7-22-20(19)6-4-8-23(22)27-2/h4,6,8-10,15,19H,3,5,7,11-14,16H2,1-2H3. The number of benzene rings is 2. The highest BCUT2D eigenvalue weighted by Gasteiger charge is 2.24. The summed E-state index contributed by atoms with van der Waals surface area (Å²) in [5.74, 6) is 1.43. The van der Waals surface area contributed by atoms with Crippen molar-refractivity contribution in [2.75, 3.05) is 33.9 Å². The predicted molar refractivity (Wildman–Crippen MR) is 110 cm³/mol. The summed E-state index contributed by atoms with van der Waals surface area (Å²) in [5, 5.41) is 0. The fraction of sp³-hybridized carbons (Fsp3) is 0.458. The molecule has 4 heteroatoms. The molecule has 148 valence electrons. The molecule has 2 aromatic rings. The van der Waals surface area contributed by atoms with Crippen LogP contribution < -0.4 is 4.74 Å². The molecule has 1 aliphatic carbocycles. The molecule has 2 aromatic carbocycles. The minimum Gasteiger partial charge on any atom is -0.496 e. The van der Waals surface area contributed by atoms with Crippen molar-refractivity contribution < 1.29 is 14.3 Å². The van der Waals surface area contributed by atoms with Crippen LogP contribution in [-0.4, -0.2) is 44.7 Å². The van der Waals surface area contributed by atoms with Crippen molar-refractivity contribution in [3.63, 3.8) is 0 Å². The van der Waals surface area contributed by atoms with Crippen LogP contribution in [0, 0.1) is 0 Å². The number of carbonyl (C=O) groups is 1. The Balaban J connectivity index is 1.38. The highest BCUT2D eigenvalue weighted by Crippen LogP contribution is 2.36. The van der Waals surface area contributed by atoms with Crippen LogP contribution in [-0.2, 0) is 24.0 Å². The summed E-state index contributed by atoms with van der Waals surface area (Å²) in [6.45, 7) is 2.58. The average Bonchev–Trinajstić information content (AvgIpc) is 2.72. The van der Waals surface area contributed by atoms with Gasteiger partial charge in [0.25, 0.3) is 0 Å². The third-order valence-corrected chi connectivity index (χ3v) is 6.12. The van der Waals surface area contributed by atoms with E-state index in [1.54, 1.807) is 7.11 Å². The van der Waals surface area contributed by atoms with Gasteiger partial charge in [-0.1, -0.05) is 24.3 Å². The molecule has 0 saturated carbocycles. The second-order valence-corrected chi connectivity index (χ2v) is 8.01. The van der Waals surface area contributed by atoms with Crippen LogP contribution >= 0.6 is 0 Å². The van der Waals surface area contributed by atoms with Crippen molar-refractivity contribution in [2.24, 2.45) is 0 Å². The Labute approximate surface area is 167 Å². The number of hydrogen-bond donors (Lipinski definition) is 0. The molecule has 0 fully saturated rings. The average molecular weight is 380 g/mol. The van der Waals surface area contributed by atoms with E-state index in [1.165, 1.54) is 29.5 Å². The second-order valence-electron chi connectivity index (χ2n) is 8.01. The number of esters is 1. The van der Waals surface area contributed by atoms with Gasteiger partial charge in [0.1, 0.15) is 5.75 Å². The molecule has 4 nitrogen and oxygen atoms in total. The molecule has 0 bridgehead atoms. The Bertz CT molecular complexity index is 861. The lowest BCUT2D eigenvalue weighted by atomic mass is 9.82. The van der Waals surface area contributed by atoms with Crippen molar-refractivity contribution in [3.05, 3.63) is 64.2 Å². The van der Waals surface area contributed by atoms with Gasteiger partial charge in [-0.3, -0.25) is 0 Å². The highest BCUT2D eigenvalue weighted by molar-refractivity contribution is 5.92. The van der Waals surface area contributed by atoms with E-state index >= 15 is 0 Å². The molecular formula is C24H29NO3. The number of hydrogen-bond acceptors (Lipinski definition) is 4. The van der Waals surface area contributed by atoms with Crippen molar-refractivity contribution in [2.45, 2.75) is 38.0 Å². The number of likely N-dealkylation sites (N-methyl/N-ethyl adjacent to an activating group) is 1. The molecule has 0 aromatic heterocycles. The van der Waals surface area contributed by atoms with E-state index in [0.717, 1.165) is 49.2 Å². The van der Waals surface area contributed by atoms with Gasteiger partial charge in [-0.15, -0.1) is 0 Å². The molecule has 0 spiro atoms. The van der Waals surface area contributed by atoms with Gasteiger partial charge in [0.2, 0.25) is 0 Å². The van der Waals surface area contributed by atoms with Crippen LogP contribution in [0.1, 0.15) is 51.4 Å². The van der Waals surface area contributed by atoms with Crippen molar-refractivity contribution in [1.29, 1.82) is 0 Å². The Morgan fingerprint density at radius 1 is 1.21 bits per heavy atom. The Morgan fingerprint density at radius 2 is 2.11 bits per heavy atom. The molecule has 1 unspecified atom stereocenters. The molecule has 1 heterocycles. The van der Waals surface area contributed by atoms with Crippen LogP contribution in [0.2, 0.25) is 0 Å². The van der Waals surface area contributed by atoms with Gasteiger partial charge in [-0.05, 0) is 73.0 Å². The SMILES string of the molecule is COc1cccc2c1CCCC2CN(C)CCc1ccc2c(c1)CCOC2=O. The first kappa shape index (κ1) is 19.0. The maximum atomic E-state index is 11.8. The smallest absolute Gasteiger partial charge is 0.338 e. The summed E-state index contributed by atoms with van der Waals surface area (Å²) in [6, 6.07) is 12.7. The quantitative estimate of drug-likeness (QED) is 0.711. The molecule has 0 N–H and O–H groups in total. The zero-order valence-electron chi connectivity index (χ0n) is 16.9. The minimum atomic E-state index is -0.184. The van der Waals surface area contributed by atoms with Gasteiger partial charge in [-0.2, -0.15) is 0 Å². The summed E-state index contributed by atoms with van der Waals surface area (Å²) in [7, 11) is 3.98. The fourth-order valence-corrected chi connectivity index (χ4v) is 4.62. The lowest BCUT2D eigenvalue weighted by Gasteiger charge is -2.30. The van der Waals surface area contributed by atoms with Crippen LogP contribution in [0.25, 0.3) is 0 Å². The first-order valence-electron chi connectivity index (χ1n) is 10.3. The number of nitrogens with zero attached hydrogens (tertiary/aromatic N) is 1. The molecule has 0 saturated heterocycles. The normalized spacial score (nSPS) is 18.4. The molecule has 28 heavy (non-hydrogen) atoms. The monoisotopic (exact) mass is 379 g/mol. The second kappa shape index (κ2) is 8.36. The van der Waals surface area contributed by atoms with E-state index in [9.17, 15) is 4.79 Å². The largest absolute Gasteiger partial charge is 0.496 e. The van der Waals surface area contributed by atoms with Crippen LogP contribution in [0.5, 0.6) is 5.75 Å². The summed E-state index contributed by atoms with van der Waals surface area (Å²) in [4.78, 5) is 14.2. The summed E-state index contributed by atoms with van der Waals surface area (Å²) >= 11 is 0. The number of rotatable bonds is 6. The molecule has 0 radical (unpaired) electrons. The first-order chi connectivity index (χ1) is 13.7. The predicted octanol–water partition coefficient (Wildman–Crippen LogP) is 4.00. The Kier molecular flexibility index (Phi) is 5.67. The Hall–Kier alpha value is -2.33. The van der Waals surface area contributed by atoms with Gasteiger partial charge < -0.3 is 14.4 Å². The number of fused-ring (bicyclic) bond motifs is 2. The number of ether oxygens (including phenoxy) is 2. The van der Waals surface area contributed by atoms with E-state index in [1.807, 2.05) is 6.07 Å². The van der Waals surface area contributed by atoms with Crippen molar-refractivity contribution in [1.82, 2.24) is 4.90 Å². The molecule has 4 rings (SSSR count). The maximum absolute atomic E-state index is 11.8. The van der Waals surface area contributed by atoms with E-state index in [0.29, 0.717) is 12.5 Å². The molecule has 0 amide bonds. The maximum Gasteiger partial charge on any atom is 0.338 e. The lowest BCUT2D eigenvalue weighted by Crippen LogP contribution is -2.28. The third-order valence-electron chi connectivity index (χ3n) is 6.12. The van der Waals surface area contributed by atoms with Gasteiger partial charge >= 0.3 is 5.97 Å². The van der Waals surface area contributed by atoms with Gasteiger partial charge in [0.15, 0.2) is 0 Å². The van der Waals surface area contributed by atoms with Crippen molar-refractivity contribution in [3.8, 4) is 5.75 Å². The molecule has 1 aliphatic heterocycles. The van der Waals surface area contributed by atoms with Crippen LogP contribution in [0.4, 0.5) is 0 Å². The topological polar surface area (TPSA) is 38.8 Å². The lowest BCUT2D eigenvalue weighted by molar-refractivity contribution is 0.0480. The van der Waals surface area contributed by atoms with Gasteiger partial charge in [0.05, 0.1) is 19.3 Å². The number of cyclic esters (lactones) is 1. The van der Waals surface area contributed by atoms with Crippen LogP contribution in [0.15, 0.2) is 36.4 Å². The summed E-state index contributed by atoms with van der Waals surface area (Å²) < 4.78 is 10.7. The number of methoxy groups -OCH3 is 1. The zero-order chi connectivity index (χ0) is 19.5. The number of carbonyl (C=O) groups excluding carboxylic acids is 1. The van der Waals surface area contributed by atoms with E-state index < -0.39 is 0 Å². The summed E-state index contributed by atoms with van der Waals surface area (Å²) in [5.41, 5.74) is 6.02. The molecular weight excluding hydrogens is 350 g/mol. The third kappa shape index (κ3) is 3.93. The zero-order valence-corrected chi connectivity index (χ0v) is 16.9. The molecule has 2 aliphatic rings. The van der Waals surface area contributed by atoms with E-state index in [4.69, 9.17) is 9.47 Å². The first-order valence-corrected chi connectivity index (χ1v) is 10.3. The van der Waals surface area contributed by atoms with E-state index in [2.05, 4.69) is 42.3 Å².